The molecule has 0 bridgehead atoms. The van der Waals surface area contributed by atoms with Crippen LogP contribution in [0, 0.1) is 5.41 Å². The fourth-order valence-electron chi connectivity index (χ4n) is 1.60. The summed E-state index contributed by atoms with van der Waals surface area (Å²) in [5, 5.41) is 7.42. The number of ether oxygens (including phenoxy) is 1. The van der Waals surface area contributed by atoms with Crippen LogP contribution in [0.2, 0.25) is 0 Å². The molecule has 0 radical (unpaired) electrons. The lowest BCUT2D eigenvalue weighted by Crippen LogP contribution is -2.38. The Labute approximate surface area is 83.8 Å². The number of rotatable bonds is 2. The minimum absolute atomic E-state index is 0.382. The molecule has 14 heavy (non-hydrogen) atoms. The van der Waals surface area contributed by atoms with Crippen molar-refractivity contribution in [3.05, 3.63) is 35.9 Å². The molecule has 1 N–H and O–H groups in total. The Hall–Kier alpha value is -1.35. The molecule has 0 aromatic heterocycles. The molecule has 1 saturated heterocycles. The highest BCUT2D eigenvalue weighted by molar-refractivity contribution is 5.75. The molecule has 0 aliphatic carbocycles. The number of hydrogen-bond acceptors (Lipinski definition) is 3. The lowest BCUT2D eigenvalue weighted by molar-refractivity contribution is 0.158. The maximum absolute atomic E-state index is 7.42. The van der Waals surface area contributed by atoms with Crippen LogP contribution >= 0.6 is 0 Å². The first kappa shape index (κ1) is 9.21. The van der Waals surface area contributed by atoms with Gasteiger partial charge in [-0.3, -0.25) is 10.3 Å². The zero-order chi connectivity index (χ0) is 9.80. The van der Waals surface area contributed by atoms with Crippen LogP contribution in [0.5, 0.6) is 0 Å². The SMILES string of the molecule is N=C1CN(Cc2ccccc2)CCO1. The zero-order valence-electron chi connectivity index (χ0n) is 8.07. The molecule has 0 saturated carbocycles. The van der Waals surface area contributed by atoms with Gasteiger partial charge in [0.15, 0.2) is 5.90 Å². The summed E-state index contributed by atoms with van der Waals surface area (Å²) >= 11 is 0. The van der Waals surface area contributed by atoms with Crippen molar-refractivity contribution in [1.82, 2.24) is 4.90 Å². The standard InChI is InChI=1S/C11H14N2O/c12-11-9-13(6-7-14-11)8-10-4-2-1-3-5-10/h1-5,12H,6-9H2. The molecule has 1 fully saturated rings. The summed E-state index contributed by atoms with van der Waals surface area (Å²) in [6, 6.07) is 10.3. The van der Waals surface area contributed by atoms with Gasteiger partial charge in [-0.2, -0.15) is 0 Å². The molecule has 1 aliphatic rings. The molecule has 3 nitrogen and oxygen atoms in total. The molecule has 0 spiro atoms. The van der Waals surface area contributed by atoms with Crippen LogP contribution in [0.15, 0.2) is 30.3 Å². The molecule has 1 aromatic carbocycles. The molecule has 74 valence electrons. The van der Waals surface area contributed by atoms with Crippen molar-refractivity contribution >= 4 is 5.90 Å². The molecule has 1 aromatic rings. The third-order valence-electron chi connectivity index (χ3n) is 2.30. The van der Waals surface area contributed by atoms with Crippen molar-refractivity contribution in [1.29, 1.82) is 5.41 Å². The Morgan fingerprint density at radius 2 is 2.07 bits per heavy atom. The van der Waals surface area contributed by atoms with Gasteiger partial charge >= 0.3 is 0 Å². The van der Waals surface area contributed by atoms with E-state index in [0.717, 1.165) is 13.1 Å². The third kappa shape index (κ3) is 2.33. The van der Waals surface area contributed by atoms with Gasteiger partial charge in [0.2, 0.25) is 0 Å². The quantitative estimate of drug-likeness (QED) is 0.767. The van der Waals surface area contributed by atoms with Crippen molar-refractivity contribution in [3.8, 4) is 0 Å². The minimum atomic E-state index is 0.382. The van der Waals surface area contributed by atoms with Gasteiger partial charge in [0.1, 0.15) is 6.61 Å². The first-order chi connectivity index (χ1) is 6.84. The van der Waals surface area contributed by atoms with E-state index in [0.29, 0.717) is 19.0 Å². The van der Waals surface area contributed by atoms with Crippen LogP contribution in [-0.4, -0.2) is 30.5 Å². The fraction of sp³-hybridized carbons (Fsp3) is 0.364. The van der Waals surface area contributed by atoms with E-state index in [4.69, 9.17) is 10.1 Å². The molecule has 0 unspecified atom stereocenters. The van der Waals surface area contributed by atoms with E-state index in [9.17, 15) is 0 Å². The topological polar surface area (TPSA) is 36.3 Å². The van der Waals surface area contributed by atoms with E-state index in [1.54, 1.807) is 0 Å². The summed E-state index contributed by atoms with van der Waals surface area (Å²) in [6.45, 7) is 3.10. The number of nitrogens with one attached hydrogen (secondary N) is 1. The van der Waals surface area contributed by atoms with Crippen molar-refractivity contribution in [3.63, 3.8) is 0 Å². The van der Waals surface area contributed by atoms with Crippen LogP contribution in [0.3, 0.4) is 0 Å². The molecule has 1 aliphatic heterocycles. The first-order valence-corrected chi connectivity index (χ1v) is 4.81. The summed E-state index contributed by atoms with van der Waals surface area (Å²) in [7, 11) is 0. The van der Waals surface area contributed by atoms with Gasteiger partial charge in [-0.15, -0.1) is 0 Å². The predicted octanol–water partition coefficient (Wildman–Crippen LogP) is 1.50. The molecule has 0 amide bonds. The molecule has 0 atom stereocenters. The van der Waals surface area contributed by atoms with Crippen LogP contribution in [-0.2, 0) is 11.3 Å². The normalized spacial score (nSPS) is 17.9. The monoisotopic (exact) mass is 190 g/mol. The Kier molecular flexibility index (Phi) is 2.79. The van der Waals surface area contributed by atoms with Crippen molar-refractivity contribution in [2.75, 3.05) is 19.7 Å². The summed E-state index contributed by atoms with van der Waals surface area (Å²) < 4.78 is 5.09. The Bertz CT molecular complexity index is 310. The smallest absolute Gasteiger partial charge is 0.195 e. The van der Waals surface area contributed by atoms with Crippen molar-refractivity contribution in [2.45, 2.75) is 6.54 Å². The predicted molar refractivity (Wildman–Crippen MR) is 55.4 cm³/mol. The Morgan fingerprint density at radius 3 is 2.79 bits per heavy atom. The lowest BCUT2D eigenvalue weighted by atomic mass is 10.2. The number of morpholine rings is 1. The van der Waals surface area contributed by atoms with Gasteiger partial charge in [0.25, 0.3) is 0 Å². The summed E-state index contributed by atoms with van der Waals surface area (Å²) in [6.07, 6.45) is 0. The van der Waals surface area contributed by atoms with E-state index in [1.807, 2.05) is 18.2 Å². The van der Waals surface area contributed by atoms with Crippen LogP contribution in [0.4, 0.5) is 0 Å². The summed E-state index contributed by atoms with van der Waals surface area (Å²) in [5.41, 5.74) is 1.29. The second-order valence-corrected chi connectivity index (χ2v) is 3.47. The highest BCUT2D eigenvalue weighted by atomic mass is 16.5. The maximum Gasteiger partial charge on any atom is 0.195 e. The van der Waals surface area contributed by atoms with Gasteiger partial charge < -0.3 is 4.74 Å². The maximum atomic E-state index is 7.42. The van der Waals surface area contributed by atoms with E-state index in [2.05, 4.69) is 17.0 Å². The number of nitrogens with zero attached hydrogens (tertiary/aromatic N) is 1. The average molecular weight is 190 g/mol. The van der Waals surface area contributed by atoms with Crippen LogP contribution in [0.1, 0.15) is 5.56 Å². The highest BCUT2D eigenvalue weighted by Gasteiger charge is 2.14. The van der Waals surface area contributed by atoms with Crippen LogP contribution in [0.25, 0.3) is 0 Å². The summed E-state index contributed by atoms with van der Waals surface area (Å²) in [5.74, 6) is 0.382. The second-order valence-electron chi connectivity index (χ2n) is 3.47. The van der Waals surface area contributed by atoms with E-state index in [1.165, 1.54) is 5.56 Å². The second kappa shape index (κ2) is 4.24. The Morgan fingerprint density at radius 1 is 1.29 bits per heavy atom. The van der Waals surface area contributed by atoms with E-state index in [-0.39, 0.29) is 0 Å². The molecule has 2 rings (SSSR count). The summed E-state index contributed by atoms with van der Waals surface area (Å²) in [4.78, 5) is 2.22. The van der Waals surface area contributed by atoms with Gasteiger partial charge in [-0.05, 0) is 5.56 Å². The zero-order valence-corrected chi connectivity index (χ0v) is 8.07. The molecular weight excluding hydrogens is 176 g/mol. The van der Waals surface area contributed by atoms with Crippen molar-refractivity contribution in [2.24, 2.45) is 0 Å². The average Bonchev–Trinajstić information content (AvgIpc) is 2.19. The largest absolute Gasteiger partial charge is 0.479 e. The third-order valence-corrected chi connectivity index (χ3v) is 2.30. The highest BCUT2D eigenvalue weighted by Crippen LogP contribution is 2.06. The minimum Gasteiger partial charge on any atom is -0.479 e. The van der Waals surface area contributed by atoms with Gasteiger partial charge in [0.05, 0.1) is 6.54 Å². The van der Waals surface area contributed by atoms with E-state index < -0.39 is 0 Å². The van der Waals surface area contributed by atoms with Crippen LogP contribution < -0.4 is 0 Å². The van der Waals surface area contributed by atoms with Gasteiger partial charge in [-0.1, -0.05) is 30.3 Å². The Balaban J connectivity index is 1.94. The van der Waals surface area contributed by atoms with E-state index >= 15 is 0 Å². The first-order valence-electron chi connectivity index (χ1n) is 4.81. The lowest BCUT2D eigenvalue weighted by Gasteiger charge is -2.27. The molecule has 3 heteroatoms. The van der Waals surface area contributed by atoms with Crippen molar-refractivity contribution < 1.29 is 4.74 Å². The molecule has 1 heterocycles. The van der Waals surface area contributed by atoms with Gasteiger partial charge in [0, 0.05) is 13.1 Å². The van der Waals surface area contributed by atoms with Gasteiger partial charge in [-0.25, -0.2) is 0 Å². The fourth-order valence-corrected chi connectivity index (χ4v) is 1.60. The number of benzene rings is 1. The number of hydrogen-bond donors (Lipinski definition) is 1. The molecular formula is C11H14N2O.